The number of hydrogen-bond donors (Lipinski definition) is 7. The molecule has 7 amide bonds. The molecule has 0 aromatic carbocycles. The standard InChI is InChI=1S/C12H23NO.C10H21NO.C10H19NO.C10H20O.C9H17NO.C7H15NO.C6H13NO.C6H11NO/c1-3-5-6-7-8-9-11-13-12(14)10-4-2;2*1-3-4-5-6-7-8-9-11-10(2)12;1-3-5-6-7-9-10(11)8-4-2;1-3-5-6-8-10-9(11)7-4-2;1-3-4-5-6-8-7(2)9;2*1-3-4-5-7-6(2)8/h3H,1,4-11H2,2H3,(H,13,14);3-9H2,1-2H3,(H,11,12);3H,1,4-9H2,2H3,(H,11,12);3-9H2,1-2H3;3H,1,4-8H2,2H3,(H,10,11);3-6H2,1-2H3,(H,8,9);3-5H2,1-2H3,(H,7,8);3H,1,4-5H2,2H3,(H,7,8). The second-order valence-electron chi connectivity index (χ2n) is 21.0. The molecule has 0 aromatic heterocycles. The van der Waals surface area contributed by atoms with E-state index in [9.17, 15) is 38.4 Å². The van der Waals surface area contributed by atoms with Gasteiger partial charge >= 0.3 is 0 Å². The zero-order valence-electron chi connectivity index (χ0n) is 57.6. The maximum atomic E-state index is 11.1. The minimum absolute atomic E-state index is 0.0202. The summed E-state index contributed by atoms with van der Waals surface area (Å²) in [4.78, 5) is 84.5. The molecule has 0 bridgehead atoms. The predicted octanol–water partition coefficient (Wildman–Crippen LogP) is 15.9. The van der Waals surface area contributed by atoms with Gasteiger partial charge in [0, 0.05) is 106 Å². The Morgan fingerprint density at radius 2 is 0.506 bits per heavy atom. The van der Waals surface area contributed by atoms with Crippen molar-refractivity contribution in [2.45, 2.75) is 308 Å². The quantitative estimate of drug-likeness (QED) is 0.0229. The van der Waals surface area contributed by atoms with Crippen LogP contribution in [0, 0.1) is 0 Å². The molecule has 0 unspecified atom stereocenters. The van der Waals surface area contributed by atoms with Crippen LogP contribution in [0.1, 0.15) is 308 Å². The van der Waals surface area contributed by atoms with E-state index >= 15 is 0 Å². The SMILES string of the molecule is C=CCCCCCCNC(=O)CCC.C=CCCCCCCNC(C)=O.C=CCCCNC(=O)CCC.C=CCCNC(C)=O.CCCCCCC(=O)CCC.CCCCCCCCNC(C)=O.CCCCCNC(C)=O.CCCCNC(C)=O. The van der Waals surface area contributed by atoms with Crippen LogP contribution in [-0.2, 0) is 38.4 Å². The number of allylic oxidation sites excluding steroid dienone is 3. The lowest BCUT2D eigenvalue weighted by Crippen LogP contribution is -2.23. The first-order valence-corrected chi connectivity index (χ1v) is 33.5. The Morgan fingerprint density at radius 1 is 0.247 bits per heavy atom. The van der Waals surface area contributed by atoms with E-state index in [0.717, 1.165) is 148 Å². The van der Waals surface area contributed by atoms with E-state index in [-0.39, 0.29) is 41.4 Å². The number of carbonyl (C=O) groups is 8. The van der Waals surface area contributed by atoms with Crippen LogP contribution in [0.4, 0.5) is 0 Å². The molecule has 0 spiro atoms. The van der Waals surface area contributed by atoms with Crippen molar-refractivity contribution in [3.63, 3.8) is 0 Å². The van der Waals surface area contributed by atoms with E-state index in [1.54, 1.807) is 26.8 Å². The summed E-state index contributed by atoms with van der Waals surface area (Å²) in [6.45, 7) is 42.6. The Hall–Kier alpha value is -5.08. The topological polar surface area (TPSA) is 221 Å². The molecule has 0 aromatic rings. The molecule has 0 radical (unpaired) electrons. The number of nitrogens with one attached hydrogen (secondary N) is 7. The molecule has 0 heterocycles. The molecule has 85 heavy (non-hydrogen) atoms. The van der Waals surface area contributed by atoms with E-state index < -0.39 is 0 Å². The first kappa shape index (κ1) is 96.2. The van der Waals surface area contributed by atoms with Gasteiger partial charge in [-0.05, 0) is 103 Å². The van der Waals surface area contributed by atoms with Crippen LogP contribution in [0.2, 0.25) is 0 Å². The number of rotatable bonds is 46. The number of unbranched alkanes of at least 4 members (excludes halogenated alkanes) is 20. The van der Waals surface area contributed by atoms with Gasteiger partial charge < -0.3 is 37.2 Å². The second kappa shape index (κ2) is 92.6. The van der Waals surface area contributed by atoms with Crippen molar-refractivity contribution in [2.24, 2.45) is 0 Å². The third kappa shape index (κ3) is 135. The number of ketones is 1. The average molecular weight is 1210 g/mol. The van der Waals surface area contributed by atoms with E-state index in [1.807, 2.05) is 32.1 Å². The molecule has 0 rings (SSSR count). The monoisotopic (exact) mass is 1210 g/mol. The van der Waals surface area contributed by atoms with Crippen molar-refractivity contribution in [2.75, 3.05) is 45.8 Å². The average Bonchev–Trinajstić information content (AvgIpc) is 3.45. The molecular weight excluding hydrogens is 1070 g/mol. The smallest absolute Gasteiger partial charge is 0.219 e. The van der Waals surface area contributed by atoms with Crippen LogP contribution in [-0.4, -0.2) is 92.9 Å². The highest BCUT2D eigenvalue weighted by Gasteiger charge is 2.00. The first-order valence-electron chi connectivity index (χ1n) is 33.5. The van der Waals surface area contributed by atoms with Crippen LogP contribution in [0.3, 0.4) is 0 Å². The van der Waals surface area contributed by atoms with Crippen LogP contribution >= 0.6 is 0 Å². The summed E-state index contributed by atoms with van der Waals surface area (Å²) in [6, 6.07) is 0. The van der Waals surface area contributed by atoms with Gasteiger partial charge in [-0.1, -0.05) is 169 Å². The van der Waals surface area contributed by atoms with Gasteiger partial charge in [-0.25, -0.2) is 0 Å². The Bertz CT molecular complexity index is 1510. The second-order valence-corrected chi connectivity index (χ2v) is 21.0. The van der Waals surface area contributed by atoms with Crippen molar-refractivity contribution >= 4 is 47.1 Å². The fourth-order valence-electron chi connectivity index (χ4n) is 6.89. The number of hydrogen-bond acceptors (Lipinski definition) is 8. The fraction of sp³-hybridized carbons (Fsp3) is 0.771. The van der Waals surface area contributed by atoms with Gasteiger partial charge in [-0.2, -0.15) is 0 Å². The largest absolute Gasteiger partial charge is 0.356 e. The summed E-state index contributed by atoms with van der Waals surface area (Å²) in [6.07, 6.45) is 46.2. The normalized spacial score (nSPS) is 9.36. The lowest BCUT2D eigenvalue weighted by molar-refractivity contribution is -0.121. The van der Waals surface area contributed by atoms with Crippen LogP contribution in [0.15, 0.2) is 50.6 Å². The van der Waals surface area contributed by atoms with Crippen LogP contribution in [0.5, 0.6) is 0 Å². The summed E-state index contributed by atoms with van der Waals surface area (Å²) in [7, 11) is 0. The number of amides is 7. The molecule has 15 nitrogen and oxygen atoms in total. The minimum atomic E-state index is 0.0202. The van der Waals surface area contributed by atoms with Gasteiger partial charge in [-0.3, -0.25) is 38.4 Å². The molecule has 15 heteroatoms. The Labute approximate surface area is 524 Å². The lowest BCUT2D eigenvalue weighted by Gasteiger charge is -2.03. The summed E-state index contributed by atoms with van der Waals surface area (Å²) in [5.41, 5.74) is 0. The van der Waals surface area contributed by atoms with Gasteiger partial charge in [0.15, 0.2) is 0 Å². The molecule has 0 saturated heterocycles. The Balaban J connectivity index is -0.000000134. The van der Waals surface area contributed by atoms with Crippen LogP contribution in [0.25, 0.3) is 0 Å². The minimum Gasteiger partial charge on any atom is -0.356 e. The molecule has 0 saturated carbocycles. The maximum Gasteiger partial charge on any atom is 0.219 e. The molecular formula is C70H139N7O8. The molecule has 502 valence electrons. The molecule has 0 aliphatic rings. The van der Waals surface area contributed by atoms with Gasteiger partial charge in [0.2, 0.25) is 41.4 Å². The van der Waals surface area contributed by atoms with Crippen molar-refractivity contribution in [1.29, 1.82) is 0 Å². The van der Waals surface area contributed by atoms with Crippen molar-refractivity contribution in [1.82, 2.24) is 37.2 Å². The summed E-state index contributed by atoms with van der Waals surface area (Å²) in [5.74, 6) is 1.12. The van der Waals surface area contributed by atoms with Gasteiger partial charge in [-0.15, -0.1) is 26.3 Å². The third-order valence-corrected chi connectivity index (χ3v) is 11.8. The van der Waals surface area contributed by atoms with Crippen molar-refractivity contribution in [3.8, 4) is 0 Å². The summed E-state index contributed by atoms with van der Waals surface area (Å²) in [5, 5.41) is 19.4. The van der Waals surface area contributed by atoms with Crippen molar-refractivity contribution < 1.29 is 38.4 Å². The molecule has 0 fully saturated rings. The molecule has 0 atom stereocenters. The summed E-state index contributed by atoms with van der Waals surface area (Å²) >= 11 is 0. The number of Topliss-reactive ketones (excluding diaryl/α,β-unsaturated/α-hetero) is 1. The highest BCUT2D eigenvalue weighted by Crippen LogP contribution is 2.06. The lowest BCUT2D eigenvalue weighted by atomic mass is 10.1. The van der Waals surface area contributed by atoms with Gasteiger partial charge in [0.25, 0.3) is 0 Å². The molecule has 7 N–H and O–H groups in total. The molecule has 0 aliphatic carbocycles. The van der Waals surface area contributed by atoms with E-state index in [0.29, 0.717) is 25.2 Å². The molecule has 0 aliphatic heterocycles. The maximum absolute atomic E-state index is 11.1. The van der Waals surface area contributed by atoms with E-state index in [4.69, 9.17) is 0 Å². The zero-order valence-corrected chi connectivity index (χ0v) is 57.6. The fourth-order valence-corrected chi connectivity index (χ4v) is 6.89. The number of carbonyl (C=O) groups excluding carboxylic acids is 8. The van der Waals surface area contributed by atoms with Gasteiger partial charge in [0.05, 0.1) is 0 Å². The van der Waals surface area contributed by atoms with E-state index in [1.165, 1.54) is 117 Å². The Kier molecular flexibility index (Phi) is 105. The third-order valence-electron chi connectivity index (χ3n) is 11.8. The summed E-state index contributed by atoms with van der Waals surface area (Å²) < 4.78 is 0. The van der Waals surface area contributed by atoms with E-state index in [2.05, 4.69) is 98.2 Å². The Morgan fingerprint density at radius 3 is 0.847 bits per heavy atom. The highest BCUT2D eigenvalue weighted by molar-refractivity contribution is 5.78. The van der Waals surface area contributed by atoms with Gasteiger partial charge in [0.1, 0.15) is 5.78 Å². The predicted molar refractivity (Wildman–Crippen MR) is 367 cm³/mol. The van der Waals surface area contributed by atoms with Crippen LogP contribution < -0.4 is 37.2 Å². The van der Waals surface area contributed by atoms with Crippen molar-refractivity contribution in [3.05, 3.63) is 50.6 Å². The highest BCUT2D eigenvalue weighted by atomic mass is 16.2. The zero-order chi connectivity index (χ0) is 66.1. The first-order chi connectivity index (χ1) is 40.8.